The van der Waals surface area contributed by atoms with Gasteiger partial charge in [0, 0.05) is 25.7 Å². The average Bonchev–Trinajstić information content (AvgIpc) is 3.34. The highest BCUT2D eigenvalue weighted by Gasteiger charge is 2.37. The molecule has 0 radical (unpaired) electrons. The van der Waals surface area contributed by atoms with Crippen LogP contribution in [-0.4, -0.2) is 32.5 Å². The van der Waals surface area contributed by atoms with Crippen molar-refractivity contribution in [3.8, 4) is 6.07 Å². The number of rotatable bonds is 10. The average molecular weight is 288 g/mol. The van der Waals surface area contributed by atoms with Crippen LogP contribution in [0.4, 0.5) is 0 Å². The van der Waals surface area contributed by atoms with Crippen molar-refractivity contribution in [1.82, 2.24) is 5.32 Å². The zero-order valence-electron chi connectivity index (χ0n) is 12.7. The van der Waals surface area contributed by atoms with Gasteiger partial charge in [-0.05, 0) is 25.3 Å². The second kappa shape index (κ2) is 8.14. The smallest absolute Gasteiger partial charge is 0.134 e. The van der Waals surface area contributed by atoms with Gasteiger partial charge in [-0.15, -0.1) is 0 Å². The van der Waals surface area contributed by atoms with Crippen molar-refractivity contribution in [2.45, 2.75) is 37.8 Å². The molecule has 2 rings (SSSR count). The summed E-state index contributed by atoms with van der Waals surface area (Å²) in [5.41, 5.74) is 0.376. The fourth-order valence-corrected chi connectivity index (χ4v) is 2.34. The van der Waals surface area contributed by atoms with Gasteiger partial charge in [0.2, 0.25) is 0 Å². The van der Waals surface area contributed by atoms with Crippen LogP contribution in [0.15, 0.2) is 30.3 Å². The molecular weight excluding hydrogens is 264 g/mol. The second-order valence-corrected chi connectivity index (χ2v) is 5.36. The van der Waals surface area contributed by atoms with Crippen molar-refractivity contribution < 1.29 is 9.47 Å². The number of hydrogen-bond donors (Lipinski definition) is 1. The Labute approximate surface area is 127 Å². The first-order valence-electron chi connectivity index (χ1n) is 7.70. The number of ether oxygens (including phenoxy) is 2. The van der Waals surface area contributed by atoms with Gasteiger partial charge < -0.3 is 9.47 Å². The van der Waals surface area contributed by atoms with E-state index >= 15 is 0 Å². The van der Waals surface area contributed by atoms with E-state index in [0.29, 0.717) is 38.9 Å². The van der Waals surface area contributed by atoms with Crippen LogP contribution in [0.2, 0.25) is 0 Å². The minimum absolute atomic E-state index is 0.466. The number of nitrogens with one attached hydrogen (secondary N) is 1. The molecule has 0 bridgehead atoms. The molecule has 1 aliphatic carbocycles. The molecule has 21 heavy (non-hydrogen) atoms. The van der Waals surface area contributed by atoms with Crippen LogP contribution in [0, 0.1) is 11.3 Å². The Kier molecular flexibility index (Phi) is 6.19. The molecule has 1 aliphatic rings. The SMILES string of the molecule is CCOCCOCCC(C#N)(NC1CC1)c1ccccc1. The lowest BCUT2D eigenvalue weighted by Crippen LogP contribution is -2.43. The molecule has 1 N–H and O–H groups in total. The summed E-state index contributed by atoms with van der Waals surface area (Å²) in [5.74, 6) is 0. The van der Waals surface area contributed by atoms with Crippen molar-refractivity contribution in [1.29, 1.82) is 5.26 Å². The molecule has 1 atom stereocenters. The van der Waals surface area contributed by atoms with Crippen LogP contribution < -0.4 is 5.32 Å². The summed E-state index contributed by atoms with van der Waals surface area (Å²) in [6, 6.07) is 12.9. The van der Waals surface area contributed by atoms with Gasteiger partial charge in [-0.2, -0.15) is 5.26 Å². The third-order valence-corrected chi connectivity index (χ3v) is 3.68. The van der Waals surface area contributed by atoms with E-state index in [1.165, 1.54) is 0 Å². The maximum absolute atomic E-state index is 9.75. The number of benzene rings is 1. The molecule has 0 amide bonds. The summed E-state index contributed by atoms with van der Waals surface area (Å²) in [6.45, 7) is 4.41. The summed E-state index contributed by atoms with van der Waals surface area (Å²) in [6.07, 6.45) is 2.96. The third-order valence-electron chi connectivity index (χ3n) is 3.68. The molecule has 0 aromatic heterocycles. The van der Waals surface area contributed by atoms with Gasteiger partial charge in [-0.1, -0.05) is 30.3 Å². The van der Waals surface area contributed by atoms with Gasteiger partial charge in [-0.25, -0.2) is 0 Å². The standard InChI is InChI=1S/C17H24N2O2/c1-2-20-12-13-21-11-10-17(14-18,19-16-8-9-16)15-6-4-3-5-7-15/h3-7,16,19H,2,8-13H2,1H3. The van der Waals surface area contributed by atoms with E-state index in [4.69, 9.17) is 9.47 Å². The fraction of sp³-hybridized carbons (Fsp3) is 0.588. The van der Waals surface area contributed by atoms with Crippen molar-refractivity contribution in [3.05, 3.63) is 35.9 Å². The Hall–Kier alpha value is -1.41. The maximum atomic E-state index is 9.75. The third kappa shape index (κ3) is 4.82. The first-order valence-corrected chi connectivity index (χ1v) is 7.70. The highest BCUT2D eigenvalue weighted by Crippen LogP contribution is 2.30. The summed E-state index contributed by atoms with van der Waals surface area (Å²) < 4.78 is 10.8. The summed E-state index contributed by atoms with van der Waals surface area (Å²) in [4.78, 5) is 0. The van der Waals surface area contributed by atoms with E-state index in [0.717, 1.165) is 18.4 Å². The lowest BCUT2D eigenvalue weighted by Gasteiger charge is -2.28. The lowest BCUT2D eigenvalue weighted by atomic mass is 9.88. The van der Waals surface area contributed by atoms with Gasteiger partial charge in [0.25, 0.3) is 0 Å². The lowest BCUT2D eigenvalue weighted by molar-refractivity contribution is 0.0459. The highest BCUT2D eigenvalue weighted by atomic mass is 16.5. The van der Waals surface area contributed by atoms with E-state index in [1.807, 2.05) is 37.3 Å². The Morgan fingerprint density at radius 1 is 1.19 bits per heavy atom. The van der Waals surface area contributed by atoms with Crippen LogP contribution >= 0.6 is 0 Å². The van der Waals surface area contributed by atoms with Crippen molar-refractivity contribution in [2.24, 2.45) is 0 Å². The Morgan fingerprint density at radius 3 is 2.52 bits per heavy atom. The quantitative estimate of drug-likeness (QED) is 0.672. The van der Waals surface area contributed by atoms with Gasteiger partial charge in [-0.3, -0.25) is 5.32 Å². The predicted octanol–water partition coefficient (Wildman–Crippen LogP) is 2.60. The van der Waals surface area contributed by atoms with Crippen molar-refractivity contribution in [3.63, 3.8) is 0 Å². The van der Waals surface area contributed by atoms with Crippen molar-refractivity contribution in [2.75, 3.05) is 26.4 Å². The molecule has 1 fully saturated rings. The first-order chi connectivity index (χ1) is 10.3. The molecule has 4 heteroatoms. The zero-order valence-corrected chi connectivity index (χ0v) is 12.7. The summed E-state index contributed by atoms with van der Waals surface area (Å²) >= 11 is 0. The Bertz CT molecular complexity index is 454. The highest BCUT2D eigenvalue weighted by molar-refractivity contribution is 5.32. The topological polar surface area (TPSA) is 54.3 Å². The molecule has 4 nitrogen and oxygen atoms in total. The molecular formula is C17H24N2O2. The Balaban J connectivity index is 1.94. The molecule has 1 aromatic carbocycles. The molecule has 1 unspecified atom stereocenters. The molecule has 0 saturated heterocycles. The second-order valence-electron chi connectivity index (χ2n) is 5.36. The number of hydrogen-bond acceptors (Lipinski definition) is 4. The largest absolute Gasteiger partial charge is 0.379 e. The monoisotopic (exact) mass is 288 g/mol. The molecule has 1 aromatic rings. The normalized spacial score (nSPS) is 17.1. The molecule has 0 aliphatic heterocycles. The predicted molar refractivity (Wildman–Crippen MR) is 81.8 cm³/mol. The van der Waals surface area contributed by atoms with Gasteiger partial charge in [0.1, 0.15) is 5.54 Å². The van der Waals surface area contributed by atoms with Crippen LogP contribution in [0.5, 0.6) is 0 Å². The Morgan fingerprint density at radius 2 is 1.90 bits per heavy atom. The molecule has 1 saturated carbocycles. The molecule has 114 valence electrons. The van der Waals surface area contributed by atoms with Gasteiger partial charge >= 0.3 is 0 Å². The molecule has 0 spiro atoms. The minimum atomic E-state index is -0.645. The first kappa shape index (κ1) is 16.0. The van der Waals surface area contributed by atoms with Crippen LogP contribution in [-0.2, 0) is 15.0 Å². The van der Waals surface area contributed by atoms with E-state index in [1.54, 1.807) is 0 Å². The van der Waals surface area contributed by atoms with Crippen LogP contribution in [0.25, 0.3) is 0 Å². The van der Waals surface area contributed by atoms with Crippen molar-refractivity contribution >= 4 is 0 Å². The van der Waals surface area contributed by atoms with E-state index in [2.05, 4.69) is 11.4 Å². The minimum Gasteiger partial charge on any atom is -0.379 e. The number of nitrogens with zero attached hydrogens (tertiary/aromatic N) is 1. The van der Waals surface area contributed by atoms with E-state index in [9.17, 15) is 5.26 Å². The van der Waals surface area contributed by atoms with Gasteiger partial charge in [0.05, 0.1) is 19.3 Å². The number of nitriles is 1. The van der Waals surface area contributed by atoms with E-state index < -0.39 is 5.54 Å². The fourth-order valence-electron chi connectivity index (χ4n) is 2.34. The van der Waals surface area contributed by atoms with Gasteiger partial charge in [0.15, 0.2) is 0 Å². The molecule has 0 heterocycles. The van der Waals surface area contributed by atoms with Crippen LogP contribution in [0.3, 0.4) is 0 Å². The maximum Gasteiger partial charge on any atom is 0.134 e. The zero-order chi connectivity index (χ0) is 15.0. The summed E-state index contributed by atoms with van der Waals surface area (Å²) in [7, 11) is 0. The van der Waals surface area contributed by atoms with E-state index in [-0.39, 0.29) is 0 Å². The van der Waals surface area contributed by atoms with Crippen LogP contribution in [0.1, 0.15) is 31.7 Å². The summed E-state index contributed by atoms with van der Waals surface area (Å²) in [5, 5.41) is 13.3.